The van der Waals surface area contributed by atoms with Gasteiger partial charge in [-0.15, -0.1) is 0 Å². The van der Waals surface area contributed by atoms with Crippen LogP contribution in [0.25, 0.3) is 43.6 Å². The lowest BCUT2D eigenvalue weighted by Crippen LogP contribution is -2.98. The second-order valence-corrected chi connectivity index (χ2v) is 12.7. The molecule has 0 saturated carbocycles. The lowest BCUT2D eigenvalue weighted by atomic mass is 10.1. The molecule has 8 heteroatoms. The molecule has 236 valence electrons. The Morgan fingerprint density at radius 3 is 1.22 bits per heavy atom. The average molecular weight is 617 g/mol. The van der Waals surface area contributed by atoms with Crippen molar-refractivity contribution in [1.29, 1.82) is 0 Å². The van der Waals surface area contributed by atoms with E-state index in [2.05, 4.69) is 117 Å². The number of hydrogen-bond donors (Lipinski definition) is 6. The highest BCUT2D eigenvalue weighted by atomic mass is 15.0. The summed E-state index contributed by atoms with van der Waals surface area (Å²) < 4.78 is 0. The molecule has 0 unspecified atom stereocenters. The highest BCUT2D eigenvalue weighted by Crippen LogP contribution is 2.23. The minimum atomic E-state index is 0.873. The minimum Gasteiger partial charge on any atom is -0.344 e. The summed E-state index contributed by atoms with van der Waals surface area (Å²) in [6, 6.07) is 31.4. The second kappa shape index (κ2) is 15.0. The van der Waals surface area contributed by atoms with Gasteiger partial charge in [-0.1, -0.05) is 24.3 Å². The summed E-state index contributed by atoms with van der Waals surface area (Å²) in [5.41, 5.74) is 9.59. The van der Waals surface area contributed by atoms with Crippen LogP contribution in [0.4, 0.5) is 0 Å². The maximum atomic E-state index is 4.95. The second-order valence-electron chi connectivity index (χ2n) is 12.7. The zero-order chi connectivity index (χ0) is 31.0. The van der Waals surface area contributed by atoms with Crippen LogP contribution in [0.1, 0.15) is 22.3 Å². The molecule has 0 saturated heterocycles. The third kappa shape index (κ3) is 7.85. The van der Waals surface area contributed by atoms with Gasteiger partial charge in [0.15, 0.2) is 0 Å². The molecule has 7 rings (SSSR count). The minimum absolute atomic E-state index is 0.873. The van der Waals surface area contributed by atoms with E-state index >= 15 is 0 Å². The molecule has 1 aliphatic heterocycles. The van der Waals surface area contributed by atoms with Gasteiger partial charge in [-0.05, 0) is 71.8 Å². The molecule has 4 aromatic carbocycles. The fourth-order valence-electron chi connectivity index (χ4n) is 6.53. The van der Waals surface area contributed by atoms with E-state index in [9.17, 15) is 0 Å². The molecule has 1 aliphatic rings. The maximum absolute atomic E-state index is 4.95. The first kappa shape index (κ1) is 30.6. The quantitative estimate of drug-likeness (QED) is 0.137. The van der Waals surface area contributed by atoms with Crippen molar-refractivity contribution in [3.05, 3.63) is 107 Å². The van der Waals surface area contributed by atoms with Crippen LogP contribution in [-0.2, 0) is 26.2 Å². The van der Waals surface area contributed by atoms with E-state index in [1.54, 1.807) is 0 Å². The number of fused-ring (bicyclic) bond motifs is 4. The van der Waals surface area contributed by atoms with E-state index in [0.717, 1.165) is 101 Å². The Kier molecular flexibility index (Phi) is 10.0. The molecule has 46 heavy (non-hydrogen) atoms. The fraction of sp³-hybridized carbons (Fsp3) is 0.316. The summed E-state index contributed by atoms with van der Waals surface area (Å²) in [7, 11) is 0. The Morgan fingerprint density at radius 1 is 0.391 bits per heavy atom. The molecule has 0 aliphatic carbocycles. The summed E-state index contributed by atoms with van der Waals surface area (Å²) in [5.74, 6) is 0. The van der Waals surface area contributed by atoms with Gasteiger partial charge in [-0.25, -0.2) is 9.97 Å². The Labute approximate surface area is 270 Å². The predicted molar refractivity (Wildman–Crippen MR) is 186 cm³/mol. The van der Waals surface area contributed by atoms with Gasteiger partial charge in [0.25, 0.3) is 0 Å². The summed E-state index contributed by atoms with van der Waals surface area (Å²) in [5, 5.41) is 21.8. The van der Waals surface area contributed by atoms with Crippen LogP contribution >= 0.6 is 0 Å². The molecule has 3 heterocycles. The van der Waals surface area contributed by atoms with Gasteiger partial charge in [0, 0.05) is 58.9 Å². The highest BCUT2D eigenvalue weighted by molar-refractivity contribution is 5.94. The van der Waals surface area contributed by atoms with Crippen LogP contribution in [0, 0.1) is 0 Å². The molecule has 0 amide bonds. The average Bonchev–Trinajstić information content (AvgIpc) is 3.07. The van der Waals surface area contributed by atoms with E-state index in [-0.39, 0.29) is 0 Å². The summed E-state index contributed by atoms with van der Waals surface area (Å²) in [6.07, 6.45) is 0. The Morgan fingerprint density at radius 2 is 0.761 bits per heavy atom. The number of aromatic nitrogens is 2. The molecule has 0 radical (unpaired) electrons. The zero-order valence-electron chi connectivity index (χ0n) is 26.8. The lowest BCUT2D eigenvalue weighted by Gasteiger charge is -2.09. The molecule has 0 fully saturated rings. The van der Waals surface area contributed by atoms with Crippen LogP contribution in [-0.4, -0.2) is 62.3 Å². The summed E-state index contributed by atoms with van der Waals surface area (Å²) in [4.78, 5) is 9.89. The van der Waals surface area contributed by atoms with Gasteiger partial charge in [-0.2, -0.15) is 0 Å². The monoisotopic (exact) mass is 616 g/mol. The topological polar surface area (TPSA) is 116 Å². The smallest absolute Gasteiger partial charge is 0.125 e. The number of rotatable bonds is 0. The molecule has 2 aromatic heterocycles. The van der Waals surface area contributed by atoms with Crippen molar-refractivity contribution in [1.82, 2.24) is 20.6 Å². The highest BCUT2D eigenvalue weighted by Gasteiger charge is 2.07. The number of benzene rings is 4. The van der Waals surface area contributed by atoms with Gasteiger partial charge >= 0.3 is 0 Å². The van der Waals surface area contributed by atoms with Crippen molar-refractivity contribution in [2.24, 2.45) is 0 Å². The van der Waals surface area contributed by atoms with Gasteiger partial charge in [-0.3, -0.25) is 0 Å². The molecule has 8 nitrogen and oxygen atoms in total. The van der Waals surface area contributed by atoms with Gasteiger partial charge in [0.1, 0.15) is 39.3 Å². The number of nitrogens with zero attached hydrogens (tertiary/aromatic N) is 2. The van der Waals surface area contributed by atoms with Crippen molar-refractivity contribution in [2.75, 3.05) is 52.4 Å². The van der Waals surface area contributed by atoms with Crippen molar-refractivity contribution in [2.45, 2.75) is 26.2 Å². The normalized spacial score (nSPS) is 16.9. The first-order valence-corrected chi connectivity index (χ1v) is 17.1. The van der Waals surface area contributed by atoms with Gasteiger partial charge in [0.2, 0.25) is 0 Å². The van der Waals surface area contributed by atoms with Gasteiger partial charge < -0.3 is 31.9 Å². The fourth-order valence-corrected chi connectivity index (χ4v) is 6.53. The third-order valence-electron chi connectivity index (χ3n) is 9.09. The number of nitrogens with two attached hydrogens (primary N) is 4. The molecule has 10 N–H and O–H groups in total. The first-order chi connectivity index (χ1) is 22.8. The standard InChI is InChI=1S/C38H44N8/c1-5-35-31-17-27(1)23-41-13-9-39-10-14-42-25-29-3-7-37-33(19-29)22-34-20-30(4-8-38(34)46-37)26-44-16-12-40-11-15-43-24-28-2-6-36(45-35)32(18-28)21-31/h1-8,17-22,39-44H,9-16,23-26H2/p+4. The van der Waals surface area contributed by atoms with Crippen LogP contribution in [0.3, 0.4) is 0 Å². The van der Waals surface area contributed by atoms with Crippen LogP contribution in [0.15, 0.2) is 84.9 Å². The van der Waals surface area contributed by atoms with E-state index < -0.39 is 0 Å². The first-order valence-electron chi connectivity index (χ1n) is 17.1. The summed E-state index contributed by atoms with van der Waals surface area (Å²) >= 11 is 0. The molecular weight excluding hydrogens is 568 g/mol. The molecule has 0 atom stereocenters. The van der Waals surface area contributed by atoms with Crippen LogP contribution in [0.5, 0.6) is 0 Å². The SMILES string of the molecule is c1cc2nc3ccc4cc3cc2cc1CNCC[NH2+]CCNCc1ccc2nc3ccc(cc3cc2c1)C[NH2+]CC[NH2+]CC[NH2+]C4. The van der Waals surface area contributed by atoms with Gasteiger partial charge in [0.05, 0.1) is 35.2 Å². The largest absolute Gasteiger partial charge is 0.344 e. The molecule has 8 bridgehead atoms. The van der Waals surface area contributed by atoms with Crippen molar-refractivity contribution in [3.63, 3.8) is 0 Å². The van der Waals surface area contributed by atoms with E-state index in [1.165, 1.54) is 43.8 Å². The summed E-state index contributed by atoms with van der Waals surface area (Å²) in [6.45, 7) is 12.3. The van der Waals surface area contributed by atoms with Crippen LogP contribution < -0.4 is 31.9 Å². The van der Waals surface area contributed by atoms with E-state index in [4.69, 9.17) is 9.97 Å². The molecule has 0 spiro atoms. The van der Waals surface area contributed by atoms with E-state index in [0.29, 0.717) is 0 Å². The molecule has 6 aromatic rings. The van der Waals surface area contributed by atoms with Crippen molar-refractivity contribution >= 4 is 43.6 Å². The Hall–Kier alpha value is -4.02. The Balaban J connectivity index is 1.00. The van der Waals surface area contributed by atoms with Crippen LogP contribution in [0.2, 0.25) is 0 Å². The third-order valence-corrected chi connectivity index (χ3v) is 9.09. The lowest BCUT2D eigenvalue weighted by molar-refractivity contribution is -0.757. The van der Waals surface area contributed by atoms with Crippen molar-refractivity contribution < 1.29 is 21.3 Å². The number of quaternary nitrogens is 4. The predicted octanol–water partition coefficient (Wildman–Crippen LogP) is 0.236. The Bertz CT molecular complexity index is 1670. The van der Waals surface area contributed by atoms with E-state index in [1.807, 2.05) is 0 Å². The zero-order valence-corrected chi connectivity index (χ0v) is 26.8. The number of pyridine rings is 2. The van der Waals surface area contributed by atoms with Crippen molar-refractivity contribution in [3.8, 4) is 0 Å². The molecular formula is C38H48N8+4. The maximum Gasteiger partial charge on any atom is 0.125 e. The number of hydrogen-bond acceptors (Lipinski definition) is 4. The number of nitrogens with one attached hydrogen (secondary N) is 2.